The van der Waals surface area contributed by atoms with E-state index in [2.05, 4.69) is 12.2 Å². The van der Waals surface area contributed by atoms with Crippen molar-refractivity contribution in [3.8, 4) is 0 Å². The van der Waals surface area contributed by atoms with Crippen molar-refractivity contribution in [2.45, 2.75) is 68.5 Å². The minimum atomic E-state index is 1.00. The molecular formula is C12H26NSe+. The Morgan fingerprint density at radius 1 is 1.14 bits per heavy atom. The van der Waals surface area contributed by atoms with Crippen molar-refractivity contribution in [3.63, 3.8) is 0 Å². The van der Waals surface area contributed by atoms with E-state index in [0.29, 0.717) is 0 Å². The normalized spacial score (nSPS) is 21.6. The Morgan fingerprint density at radius 3 is 2.64 bits per heavy atom. The summed E-state index contributed by atoms with van der Waals surface area (Å²) < 4.78 is 0. The van der Waals surface area contributed by atoms with E-state index >= 15 is 0 Å². The Kier molecular flexibility index (Phi) is 7.85. The molecule has 0 radical (unpaired) electrons. The summed E-state index contributed by atoms with van der Waals surface area (Å²) in [7, 11) is 0. The van der Waals surface area contributed by atoms with Gasteiger partial charge in [0, 0.05) is 0 Å². The third-order valence-corrected chi connectivity index (χ3v) is 5.52. The molecule has 1 saturated heterocycles. The fraction of sp³-hybridized carbons (Fsp3) is 1.00. The topological polar surface area (TPSA) is 16.6 Å². The van der Waals surface area contributed by atoms with E-state index in [4.69, 9.17) is 0 Å². The second-order valence-corrected chi connectivity index (χ2v) is 6.83. The van der Waals surface area contributed by atoms with E-state index < -0.39 is 0 Å². The second-order valence-electron chi connectivity index (χ2n) is 4.42. The number of hydrogen-bond acceptors (Lipinski definition) is 0. The van der Waals surface area contributed by atoms with Crippen molar-refractivity contribution in [2.24, 2.45) is 0 Å². The summed E-state index contributed by atoms with van der Waals surface area (Å²) in [6.07, 6.45) is 10.2. The Hall–Kier alpha value is 0.479. The Morgan fingerprint density at radius 2 is 1.93 bits per heavy atom. The molecule has 0 aromatic rings. The van der Waals surface area contributed by atoms with Crippen molar-refractivity contribution >= 4 is 15.0 Å². The first-order valence-electron chi connectivity index (χ1n) is 6.34. The Bertz CT molecular complexity index is 121. The molecule has 1 atom stereocenters. The SMILES string of the molecule is CCCCCCCC[NH2+][C@H]1CC[Se]C1. The zero-order valence-corrected chi connectivity index (χ0v) is 11.3. The Balaban J connectivity index is 1.75. The molecule has 1 nitrogen and oxygen atoms in total. The van der Waals surface area contributed by atoms with E-state index in [0.717, 1.165) is 21.0 Å². The number of hydrogen-bond donors (Lipinski definition) is 1. The van der Waals surface area contributed by atoms with Gasteiger partial charge in [-0.2, -0.15) is 0 Å². The second kappa shape index (κ2) is 8.76. The summed E-state index contributed by atoms with van der Waals surface area (Å²) in [5.74, 6) is 0. The molecular weight excluding hydrogens is 237 g/mol. The van der Waals surface area contributed by atoms with E-state index in [1.54, 1.807) is 10.6 Å². The van der Waals surface area contributed by atoms with Gasteiger partial charge in [0.05, 0.1) is 0 Å². The maximum absolute atomic E-state index is 2.62. The molecule has 0 aromatic heterocycles. The van der Waals surface area contributed by atoms with Crippen LogP contribution in [0.3, 0.4) is 0 Å². The first-order valence-corrected chi connectivity index (χ1v) is 8.77. The molecule has 1 fully saturated rings. The third kappa shape index (κ3) is 6.06. The molecule has 0 aromatic carbocycles. The average Bonchev–Trinajstić information content (AvgIpc) is 2.69. The summed E-state index contributed by atoms with van der Waals surface area (Å²) in [5.41, 5.74) is 0. The fourth-order valence-corrected chi connectivity index (χ4v) is 4.62. The van der Waals surface area contributed by atoms with Gasteiger partial charge in [0.25, 0.3) is 0 Å². The van der Waals surface area contributed by atoms with Crippen molar-refractivity contribution in [1.29, 1.82) is 0 Å². The monoisotopic (exact) mass is 264 g/mol. The van der Waals surface area contributed by atoms with Crippen molar-refractivity contribution < 1.29 is 5.32 Å². The van der Waals surface area contributed by atoms with Gasteiger partial charge in [0.1, 0.15) is 0 Å². The predicted molar refractivity (Wildman–Crippen MR) is 63.9 cm³/mol. The summed E-state index contributed by atoms with van der Waals surface area (Å²) in [6.45, 7) is 3.68. The quantitative estimate of drug-likeness (QED) is 0.511. The van der Waals surface area contributed by atoms with Crippen LogP contribution in [0.15, 0.2) is 0 Å². The molecule has 14 heavy (non-hydrogen) atoms. The van der Waals surface area contributed by atoms with Crippen LogP contribution >= 0.6 is 0 Å². The summed E-state index contributed by atoms with van der Waals surface area (Å²) in [4.78, 5) is 0. The summed E-state index contributed by atoms with van der Waals surface area (Å²) in [6, 6.07) is 1.02. The van der Waals surface area contributed by atoms with Gasteiger partial charge in [-0.3, -0.25) is 0 Å². The number of quaternary nitrogens is 1. The van der Waals surface area contributed by atoms with Crippen molar-refractivity contribution in [2.75, 3.05) is 6.54 Å². The van der Waals surface area contributed by atoms with Crippen LogP contribution in [0.1, 0.15) is 51.9 Å². The number of rotatable bonds is 8. The average molecular weight is 263 g/mol. The van der Waals surface area contributed by atoms with Crippen LogP contribution in [0, 0.1) is 0 Å². The first-order chi connectivity index (χ1) is 6.93. The molecule has 2 N–H and O–H groups in total. The first kappa shape index (κ1) is 12.5. The fourth-order valence-electron chi connectivity index (χ4n) is 2.02. The molecule has 0 aliphatic carbocycles. The van der Waals surface area contributed by atoms with Crippen LogP contribution in [-0.2, 0) is 0 Å². The summed E-state index contributed by atoms with van der Waals surface area (Å²) in [5, 5.41) is 5.71. The molecule has 0 unspecified atom stereocenters. The van der Waals surface area contributed by atoms with Gasteiger partial charge in [0.15, 0.2) is 0 Å². The molecule has 1 aliphatic rings. The molecule has 0 bridgehead atoms. The van der Waals surface area contributed by atoms with E-state index in [1.807, 2.05) is 0 Å². The van der Waals surface area contributed by atoms with Crippen LogP contribution in [0.25, 0.3) is 0 Å². The van der Waals surface area contributed by atoms with Gasteiger partial charge in [0.2, 0.25) is 0 Å². The molecule has 0 spiro atoms. The zero-order chi connectivity index (χ0) is 10.1. The molecule has 1 rings (SSSR count). The van der Waals surface area contributed by atoms with Crippen LogP contribution in [-0.4, -0.2) is 27.5 Å². The van der Waals surface area contributed by atoms with Crippen LogP contribution in [0.4, 0.5) is 0 Å². The zero-order valence-electron chi connectivity index (χ0n) is 9.63. The number of unbranched alkanes of at least 4 members (excludes halogenated alkanes) is 5. The predicted octanol–water partition coefficient (Wildman–Crippen LogP) is 2.22. The standard InChI is InChI=1S/C12H25NSe/c1-2-3-4-5-6-7-9-13-12-8-10-14-11-12/h12-13H,2-11H2,1H3/p+1/t12-/m0/s1. The van der Waals surface area contributed by atoms with Crippen LogP contribution in [0.2, 0.25) is 10.6 Å². The van der Waals surface area contributed by atoms with Crippen LogP contribution in [0.5, 0.6) is 0 Å². The van der Waals surface area contributed by atoms with Crippen molar-refractivity contribution in [3.05, 3.63) is 0 Å². The molecule has 2 heteroatoms. The summed E-state index contributed by atoms with van der Waals surface area (Å²) >= 11 is 1.00. The number of nitrogens with two attached hydrogens (primary N) is 1. The van der Waals surface area contributed by atoms with Crippen molar-refractivity contribution in [1.82, 2.24) is 0 Å². The molecule has 0 saturated carbocycles. The van der Waals surface area contributed by atoms with Gasteiger partial charge in [-0.05, 0) is 0 Å². The van der Waals surface area contributed by atoms with E-state index in [1.165, 1.54) is 51.5 Å². The van der Waals surface area contributed by atoms with E-state index in [9.17, 15) is 0 Å². The van der Waals surface area contributed by atoms with Gasteiger partial charge in [-0.15, -0.1) is 0 Å². The molecule has 0 amide bonds. The minimum absolute atomic E-state index is 1.00. The third-order valence-electron chi connectivity index (χ3n) is 3.02. The van der Waals surface area contributed by atoms with Gasteiger partial charge >= 0.3 is 95.4 Å². The maximum atomic E-state index is 2.62. The molecule has 1 heterocycles. The van der Waals surface area contributed by atoms with Gasteiger partial charge < -0.3 is 0 Å². The van der Waals surface area contributed by atoms with Gasteiger partial charge in [-0.1, -0.05) is 0 Å². The van der Waals surface area contributed by atoms with Crippen LogP contribution < -0.4 is 5.32 Å². The molecule has 84 valence electrons. The van der Waals surface area contributed by atoms with Gasteiger partial charge in [-0.25, -0.2) is 0 Å². The molecule has 1 aliphatic heterocycles. The Labute approximate surface area is 95.6 Å². The van der Waals surface area contributed by atoms with E-state index in [-0.39, 0.29) is 0 Å².